The quantitative estimate of drug-likeness (QED) is 0.785. The standard InChI is InChI=1S/C17H27NO3/c1-14-6-5-9-17(12-14,13-18)21-11-10-20-16-8-4-3-7-15(16)19-2/h3-4,7-8,14H,5-6,9-13,18H2,1-2H3. The van der Waals surface area contributed by atoms with Crippen molar-refractivity contribution < 1.29 is 14.2 Å². The van der Waals surface area contributed by atoms with Gasteiger partial charge in [-0.1, -0.05) is 31.9 Å². The Morgan fingerprint density at radius 3 is 2.67 bits per heavy atom. The van der Waals surface area contributed by atoms with E-state index in [4.69, 9.17) is 19.9 Å². The van der Waals surface area contributed by atoms with Gasteiger partial charge in [-0.2, -0.15) is 0 Å². The molecule has 0 radical (unpaired) electrons. The van der Waals surface area contributed by atoms with Crippen LogP contribution in [0.3, 0.4) is 0 Å². The zero-order valence-corrected chi connectivity index (χ0v) is 13.1. The fraction of sp³-hybridized carbons (Fsp3) is 0.647. The smallest absolute Gasteiger partial charge is 0.161 e. The number of para-hydroxylation sites is 2. The van der Waals surface area contributed by atoms with Crippen LogP contribution >= 0.6 is 0 Å². The van der Waals surface area contributed by atoms with Crippen LogP contribution in [0.15, 0.2) is 24.3 Å². The van der Waals surface area contributed by atoms with Crippen LogP contribution in [0, 0.1) is 5.92 Å². The summed E-state index contributed by atoms with van der Waals surface area (Å²) in [6, 6.07) is 7.65. The van der Waals surface area contributed by atoms with E-state index in [2.05, 4.69) is 6.92 Å². The van der Waals surface area contributed by atoms with Gasteiger partial charge in [0.1, 0.15) is 6.61 Å². The van der Waals surface area contributed by atoms with Crippen molar-refractivity contribution in [2.45, 2.75) is 38.2 Å². The summed E-state index contributed by atoms with van der Waals surface area (Å²) in [6.45, 7) is 3.93. The second-order valence-electron chi connectivity index (χ2n) is 5.94. The molecule has 0 aromatic heterocycles. The molecular weight excluding hydrogens is 266 g/mol. The predicted octanol–water partition coefficient (Wildman–Crippen LogP) is 3.00. The molecule has 2 atom stereocenters. The molecular formula is C17H27NO3. The lowest BCUT2D eigenvalue weighted by molar-refractivity contribution is -0.0816. The van der Waals surface area contributed by atoms with Crippen molar-refractivity contribution in [1.82, 2.24) is 0 Å². The SMILES string of the molecule is COc1ccccc1OCCOC1(CN)CCCC(C)C1. The second kappa shape index (κ2) is 7.66. The molecule has 118 valence electrons. The molecule has 2 unspecified atom stereocenters. The predicted molar refractivity (Wildman–Crippen MR) is 83.9 cm³/mol. The highest BCUT2D eigenvalue weighted by Crippen LogP contribution is 2.34. The van der Waals surface area contributed by atoms with E-state index in [-0.39, 0.29) is 5.60 Å². The van der Waals surface area contributed by atoms with Gasteiger partial charge in [-0.3, -0.25) is 0 Å². The highest BCUT2D eigenvalue weighted by molar-refractivity contribution is 5.39. The number of methoxy groups -OCH3 is 1. The summed E-state index contributed by atoms with van der Waals surface area (Å²) in [7, 11) is 1.64. The Morgan fingerprint density at radius 2 is 2.00 bits per heavy atom. The van der Waals surface area contributed by atoms with Gasteiger partial charge in [-0.05, 0) is 30.9 Å². The Kier molecular flexibility index (Phi) is 5.88. The van der Waals surface area contributed by atoms with Crippen molar-refractivity contribution in [3.63, 3.8) is 0 Å². The normalized spacial score (nSPS) is 25.6. The summed E-state index contributed by atoms with van der Waals surface area (Å²) < 4.78 is 17.1. The van der Waals surface area contributed by atoms with Gasteiger partial charge in [0.2, 0.25) is 0 Å². The van der Waals surface area contributed by atoms with Crippen molar-refractivity contribution in [2.75, 3.05) is 26.9 Å². The molecule has 0 heterocycles. The molecule has 1 fully saturated rings. The Labute approximate surface area is 127 Å². The molecule has 21 heavy (non-hydrogen) atoms. The lowest BCUT2D eigenvalue weighted by atomic mass is 9.79. The Bertz CT molecular complexity index is 438. The van der Waals surface area contributed by atoms with Crippen molar-refractivity contribution in [3.8, 4) is 11.5 Å². The molecule has 1 aliphatic rings. The summed E-state index contributed by atoms with van der Waals surface area (Å²) in [5.74, 6) is 2.19. The first-order chi connectivity index (χ1) is 10.2. The van der Waals surface area contributed by atoms with Crippen LogP contribution in [0.2, 0.25) is 0 Å². The van der Waals surface area contributed by atoms with E-state index in [9.17, 15) is 0 Å². The van der Waals surface area contributed by atoms with Gasteiger partial charge >= 0.3 is 0 Å². The molecule has 1 aromatic rings. The van der Waals surface area contributed by atoms with Gasteiger partial charge in [0.25, 0.3) is 0 Å². The summed E-state index contributed by atoms with van der Waals surface area (Å²) >= 11 is 0. The maximum Gasteiger partial charge on any atom is 0.161 e. The molecule has 4 heteroatoms. The molecule has 0 bridgehead atoms. The van der Waals surface area contributed by atoms with E-state index in [0.29, 0.717) is 25.7 Å². The molecule has 1 aliphatic carbocycles. The van der Waals surface area contributed by atoms with E-state index < -0.39 is 0 Å². The summed E-state index contributed by atoms with van der Waals surface area (Å²) in [4.78, 5) is 0. The number of hydrogen-bond donors (Lipinski definition) is 1. The lowest BCUT2D eigenvalue weighted by Crippen LogP contribution is -2.45. The van der Waals surface area contributed by atoms with E-state index in [1.807, 2.05) is 24.3 Å². The summed E-state index contributed by atoms with van der Waals surface area (Å²) in [5, 5.41) is 0. The van der Waals surface area contributed by atoms with Gasteiger partial charge in [-0.25, -0.2) is 0 Å². The highest BCUT2D eigenvalue weighted by atomic mass is 16.5. The first-order valence-electron chi connectivity index (χ1n) is 7.79. The average molecular weight is 293 g/mol. The van der Waals surface area contributed by atoms with Gasteiger partial charge < -0.3 is 19.9 Å². The third-order valence-corrected chi connectivity index (χ3v) is 4.24. The maximum absolute atomic E-state index is 6.09. The van der Waals surface area contributed by atoms with Crippen LogP contribution in [-0.2, 0) is 4.74 Å². The summed E-state index contributed by atoms with van der Waals surface area (Å²) in [5.41, 5.74) is 5.80. The van der Waals surface area contributed by atoms with Crippen molar-refractivity contribution in [2.24, 2.45) is 11.7 Å². The van der Waals surface area contributed by atoms with Crippen LogP contribution in [0.25, 0.3) is 0 Å². The largest absolute Gasteiger partial charge is 0.493 e. The first kappa shape index (κ1) is 16.1. The Balaban J connectivity index is 1.80. The van der Waals surface area contributed by atoms with Gasteiger partial charge in [0.15, 0.2) is 11.5 Å². The van der Waals surface area contributed by atoms with Crippen molar-refractivity contribution in [1.29, 1.82) is 0 Å². The van der Waals surface area contributed by atoms with E-state index in [1.54, 1.807) is 7.11 Å². The van der Waals surface area contributed by atoms with Crippen LogP contribution in [0.4, 0.5) is 0 Å². The topological polar surface area (TPSA) is 53.7 Å². The minimum absolute atomic E-state index is 0.151. The molecule has 4 nitrogen and oxygen atoms in total. The zero-order chi connectivity index (χ0) is 15.1. The first-order valence-corrected chi connectivity index (χ1v) is 7.79. The lowest BCUT2D eigenvalue weighted by Gasteiger charge is -2.39. The fourth-order valence-corrected chi connectivity index (χ4v) is 3.14. The molecule has 1 aromatic carbocycles. The van der Waals surface area contributed by atoms with Crippen LogP contribution in [-0.4, -0.2) is 32.5 Å². The van der Waals surface area contributed by atoms with Gasteiger partial charge in [0, 0.05) is 6.54 Å². The molecule has 1 saturated carbocycles. The van der Waals surface area contributed by atoms with E-state index >= 15 is 0 Å². The number of rotatable bonds is 7. The molecule has 0 amide bonds. The number of hydrogen-bond acceptors (Lipinski definition) is 4. The van der Waals surface area contributed by atoms with Gasteiger partial charge in [-0.15, -0.1) is 0 Å². The maximum atomic E-state index is 6.09. The average Bonchev–Trinajstić information content (AvgIpc) is 2.52. The van der Waals surface area contributed by atoms with Crippen LogP contribution in [0.5, 0.6) is 11.5 Å². The minimum Gasteiger partial charge on any atom is -0.493 e. The van der Waals surface area contributed by atoms with Crippen molar-refractivity contribution in [3.05, 3.63) is 24.3 Å². The monoisotopic (exact) mass is 293 g/mol. The van der Waals surface area contributed by atoms with E-state index in [0.717, 1.165) is 24.3 Å². The molecule has 2 rings (SSSR count). The number of benzene rings is 1. The molecule has 0 saturated heterocycles. The highest BCUT2D eigenvalue weighted by Gasteiger charge is 2.34. The van der Waals surface area contributed by atoms with Crippen LogP contribution < -0.4 is 15.2 Å². The second-order valence-corrected chi connectivity index (χ2v) is 5.94. The Hall–Kier alpha value is -1.26. The number of nitrogens with two attached hydrogens (primary N) is 1. The van der Waals surface area contributed by atoms with Crippen LogP contribution in [0.1, 0.15) is 32.6 Å². The molecule has 0 aliphatic heterocycles. The third-order valence-electron chi connectivity index (χ3n) is 4.24. The number of ether oxygens (including phenoxy) is 3. The zero-order valence-electron chi connectivity index (χ0n) is 13.1. The molecule has 2 N–H and O–H groups in total. The van der Waals surface area contributed by atoms with Crippen molar-refractivity contribution >= 4 is 0 Å². The summed E-state index contributed by atoms with van der Waals surface area (Å²) in [6.07, 6.45) is 4.59. The van der Waals surface area contributed by atoms with E-state index in [1.165, 1.54) is 12.8 Å². The minimum atomic E-state index is -0.151. The molecule has 0 spiro atoms. The fourth-order valence-electron chi connectivity index (χ4n) is 3.14. The van der Waals surface area contributed by atoms with Gasteiger partial charge in [0.05, 0.1) is 19.3 Å². The third kappa shape index (κ3) is 4.35. The Morgan fingerprint density at radius 1 is 1.24 bits per heavy atom.